The lowest BCUT2D eigenvalue weighted by Crippen LogP contribution is -2.44. The third-order valence-electron chi connectivity index (χ3n) is 5.36. The first kappa shape index (κ1) is 21.2. The Morgan fingerprint density at radius 1 is 1.14 bits per heavy atom. The smallest absolute Gasteiger partial charge is 0.337 e. The molecule has 0 spiro atoms. The number of thioether (sulfide) groups is 1. The molecule has 2 aromatic carbocycles. The summed E-state index contributed by atoms with van der Waals surface area (Å²) in [6, 6.07) is 17.7. The summed E-state index contributed by atoms with van der Waals surface area (Å²) in [5.41, 5.74) is 3.42. The molecule has 0 aromatic heterocycles. The topological polar surface area (TPSA) is 46.6 Å². The van der Waals surface area contributed by atoms with Crippen molar-refractivity contribution in [3.05, 3.63) is 83.4 Å². The number of benzene rings is 2. The number of nitrogens with zero attached hydrogens (tertiary/aromatic N) is 1. The quantitative estimate of drug-likeness (QED) is 0.485. The molecule has 1 atom stereocenters. The third kappa shape index (κ3) is 4.91. The Kier molecular flexibility index (Phi) is 6.48. The van der Waals surface area contributed by atoms with Crippen LogP contribution in [0.2, 0.25) is 0 Å². The predicted octanol–water partition coefficient (Wildman–Crippen LogP) is 4.84. The van der Waals surface area contributed by atoms with Crippen LogP contribution in [0, 0.1) is 0 Å². The number of carbonyl (C=O) groups is 2. The molecule has 1 aliphatic rings. The molecule has 29 heavy (non-hydrogen) atoms. The fourth-order valence-electron chi connectivity index (χ4n) is 3.58. The fraction of sp³-hybridized carbons (Fsp3) is 0.333. The average Bonchev–Trinajstić information content (AvgIpc) is 3.02. The molecule has 0 aliphatic carbocycles. The van der Waals surface area contributed by atoms with E-state index in [1.54, 1.807) is 12.1 Å². The first-order chi connectivity index (χ1) is 13.8. The van der Waals surface area contributed by atoms with Crippen LogP contribution in [0.1, 0.15) is 41.8 Å². The van der Waals surface area contributed by atoms with Gasteiger partial charge in [0.15, 0.2) is 0 Å². The summed E-state index contributed by atoms with van der Waals surface area (Å²) in [6.45, 7) is 8.89. The first-order valence-corrected chi connectivity index (χ1v) is 10.6. The molecule has 1 aliphatic heterocycles. The zero-order valence-electron chi connectivity index (χ0n) is 17.2. The molecule has 152 valence electrons. The lowest BCUT2D eigenvalue weighted by atomic mass is 9.99. The van der Waals surface area contributed by atoms with Crippen molar-refractivity contribution in [1.82, 2.24) is 4.90 Å². The van der Waals surface area contributed by atoms with Gasteiger partial charge in [0.1, 0.15) is 0 Å². The number of hydrogen-bond acceptors (Lipinski definition) is 4. The largest absolute Gasteiger partial charge is 0.465 e. The molecule has 1 unspecified atom stereocenters. The number of esters is 1. The van der Waals surface area contributed by atoms with Gasteiger partial charge in [-0.1, -0.05) is 49.0 Å². The van der Waals surface area contributed by atoms with E-state index in [9.17, 15) is 9.59 Å². The number of amides is 1. The number of ether oxygens (including phenoxy) is 1. The maximum atomic E-state index is 12.8. The van der Waals surface area contributed by atoms with Gasteiger partial charge in [-0.3, -0.25) is 4.79 Å². The Morgan fingerprint density at radius 2 is 1.79 bits per heavy atom. The minimum absolute atomic E-state index is 0.0143. The van der Waals surface area contributed by atoms with E-state index in [1.165, 1.54) is 12.7 Å². The van der Waals surface area contributed by atoms with Crippen molar-refractivity contribution < 1.29 is 14.3 Å². The van der Waals surface area contributed by atoms with Gasteiger partial charge in [-0.25, -0.2) is 4.79 Å². The van der Waals surface area contributed by atoms with Gasteiger partial charge < -0.3 is 9.64 Å². The number of rotatable bonds is 7. The number of likely N-dealkylation sites (tertiary alicyclic amines) is 1. The van der Waals surface area contributed by atoms with Gasteiger partial charge in [-0.2, -0.15) is 0 Å². The highest BCUT2D eigenvalue weighted by atomic mass is 32.2. The second-order valence-corrected chi connectivity index (χ2v) is 9.45. The summed E-state index contributed by atoms with van der Waals surface area (Å²) >= 11 is 1.86. The Morgan fingerprint density at radius 3 is 2.41 bits per heavy atom. The van der Waals surface area contributed by atoms with Crippen molar-refractivity contribution in [2.45, 2.75) is 43.4 Å². The van der Waals surface area contributed by atoms with E-state index in [2.05, 4.69) is 32.6 Å². The van der Waals surface area contributed by atoms with Gasteiger partial charge >= 0.3 is 5.97 Å². The van der Waals surface area contributed by atoms with E-state index in [0.717, 1.165) is 11.3 Å². The van der Waals surface area contributed by atoms with Crippen molar-refractivity contribution >= 4 is 23.6 Å². The normalized spacial score (nSPS) is 16.9. The van der Waals surface area contributed by atoms with E-state index >= 15 is 0 Å². The standard InChI is InChI=1S/C24H27NO3S/c1-17-14-21(24(2,3)29-16-19-8-6-5-7-9-19)25(22(17)26)15-18-10-12-20(13-11-18)23(27)28-4/h5-13,21H,1,14-16H2,2-4H3. The Labute approximate surface area is 176 Å². The van der Waals surface area contributed by atoms with Gasteiger partial charge in [0.25, 0.3) is 0 Å². The van der Waals surface area contributed by atoms with Crippen LogP contribution in [0.25, 0.3) is 0 Å². The number of hydrogen-bond donors (Lipinski definition) is 0. The lowest BCUT2D eigenvalue weighted by Gasteiger charge is -2.37. The summed E-state index contributed by atoms with van der Waals surface area (Å²) < 4.78 is 4.62. The number of carbonyl (C=O) groups excluding carboxylic acids is 2. The van der Waals surface area contributed by atoms with Crippen molar-refractivity contribution in [2.75, 3.05) is 7.11 Å². The molecule has 2 aromatic rings. The lowest BCUT2D eigenvalue weighted by molar-refractivity contribution is -0.127. The molecule has 4 nitrogen and oxygen atoms in total. The maximum absolute atomic E-state index is 12.8. The van der Waals surface area contributed by atoms with Crippen molar-refractivity contribution in [1.29, 1.82) is 0 Å². The molecule has 5 heteroatoms. The van der Waals surface area contributed by atoms with Gasteiger partial charge in [0.2, 0.25) is 5.91 Å². The number of methoxy groups -OCH3 is 1. The van der Waals surface area contributed by atoms with Crippen LogP contribution < -0.4 is 0 Å². The Bertz CT molecular complexity index is 890. The molecular formula is C24H27NO3S. The van der Waals surface area contributed by atoms with Gasteiger partial charge in [0.05, 0.1) is 18.7 Å². The zero-order chi connectivity index (χ0) is 21.0. The highest BCUT2D eigenvalue weighted by molar-refractivity contribution is 7.99. The zero-order valence-corrected chi connectivity index (χ0v) is 18.0. The SMILES string of the molecule is C=C1CC(C(C)(C)SCc2ccccc2)N(Cc2ccc(C(=O)OC)cc2)C1=O. The van der Waals surface area contributed by atoms with E-state index in [0.29, 0.717) is 24.1 Å². The van der Waals surface area contributed by atoms with Crippen molar-refractivity contribution in [3.8, 4) is 0 Å². The summed E-state index contributed by atoms with van der Waals surface area (Å²) in [7, 11) is 1.37. The Balaban J connectivity index is 1.74. The third-order valence-corrected chi connectivity index (χ3v) is 6.86. The molecule has 1 fully saturated rings. The van der Waals surface area contributed by atoms with E-state index in [-0.39, 0.29) is 22.7 Å². The van der Waals surface area contributed by atoms with Crippen LogP contribution in [-0.4, -0.2) is 34.7 Å². The molecule has 1 amide bonds. The van der Waals surface area contributed by atoms with E-state index in [1.807, 2.05) is 47.0 Å². The molecule has 1 saturated heterocycles. The monoisotopic (exact) mass is 409 g/mol. The molecule has 0 saturated carbocycles. The summed E-state index contributed by atoms with van der Waals surface area (Å²) in [6.07, 6.45) is 0.674. The molecule has 0 bridgehead atoms. The highest BCUT2D eigenvalue weighted by Gasteiger charge is 2.43. The fourth-order valence-corrected chi connectivity index (χ4v) is 4.71. The molecule has 0 radical (unpaired) electrons. The van der Waals surface area contributed by atoms with Crippen LogP contribution in [0.3, 0.4) is 0 Å². The molecule has 0 N–H and O–H groups in total. The summed E-state index contributed by atoms with van der Waals surface area (Å²) in [5, 5.41) is 0. The minimum Gasteiger partial charge on any atom is -0.465 e. The van der Waals surface area contributed by atoms with E-state index < -0.39 is 0 Å². The van der Waals surface area contributed by atoms with Gasteiger partial charge in [-0.15, -0.1) is 11.8 Å². The van der Waals surface area contributed by atoms with Crippen molar-refractivity contribution in [2.24, 2.45) is 0 Å². The maximum Gasteiger partial charge on any atom is 0.337 e. The Hall–Kier alpha value is -2.53. The molecule has 1 heterocycles. The van der Waals surface area contributed by atoms with E-state index in [4.69, 9.17) is 4.74 Å². The first-order valence-electron chi connectivity index (χ1n) is 9.65. The van der Waals surface area contributed by atoms with Crippen LogP contribution in [0.15, 0.2) is 66.7 Å². The van der Waals surface area contributed by atoms with Crippen LogP contribution in [-0.2, 0) is 21.8 Å². The molecular weight excluding hydrogens is 382 g/mol. The molecule has 3 rings (SSSR count). The summed E-state index contributed by atoms with van der Waals surface area (Å²) in [5.74, 6) is 0.547. The highest BCUT2D eigenvalue weighted by Crippen LogP contribution is 2.40. The van der Waals surface area contributed by atoms with Crippen LogP contribution >= 0.6 is 11.8 Å². The van der Waals surface area contributed by atoms with Crippen LogP contribution in [0.5, 0.6) is 0 Å². The second kappa shape index (κ2) is 8.87. The van der Waals surface area contributed by atoms with Crippen LogP contribution in [0.4, 0.5) is 0 Å². The second-order valence-electron chi connectivity index (χ2n) is 7.82. The van der Waals surface area contributed by atoms with Gasteiger partial charge in [0, 0.05) is 22.6 Å². The predicted molar refractivity (Wildman–Crippen MR) is 118 cm³/mol. The van der Waals surface area contributed by atoms with Gasteiger partial charge in [-0.05, 0) is 43.5 Å². The average molecular weight is 410 g/mol. The minimum atomic E-state index is -0.363. The summed E-state index contributed by atoms with van der Waals surface area (Å²) in [4.78, 5) is 26.4. The van der Waals surface area contributed by atoms with Crippen molar-refractivity contribution in [3.63, 3.8) is 0 Å².